The number of nitrogen functional groups attached to an aromatic ring is 1. The van der Waals surface area contributed by atoms with E-state index >= 15 is 0 Å². The van der Waals surface area contributed by atoms with Crippen molar-refractivity contribution >= 4 is 16.7 Å². The summed E-state index contributed by atoms with van der Waals surface area (Å²) < 4.78 is 19.9. The van der Waals surface area contributed by atoms with Gasteiger partial charge in [-0.3, -0.25) is 5.41 Å². The quantitative estimate of drug-likeness (QED) is 0.506. The molecule has 0 aliphatic rings. The van der Waals surface area contributed by atoms with E-state index in [4.69, 9.17) is 15.9 Å². The minimum atomic E-state index is -0.435. The molecule has 106 valence electrons. The number of aromatic amines is 1. The van der Waals surface area contributed by atoms with E-state index in [0.717, 1.165) is 16.5 Å². The summed E-state index contributed by atoms with van der Waals surface area (Å²) in [5.41, 5.74) is 7.43. The predicted molar refractivity (Wildman–Crippen MR) is 80.5 cm³/mol. The van der Waals surface area contributed by atoms with Gasteiger partial charge in [0.25, 0.3) is 0 Å². The Kier molecular flexibility index (Phi) is 3.10. The summed E-state index contributed by atoms with van der Waals surface area (Å²) in [6.45, 7) is 1.81. The van der Waals surface area contributed by atoms with E-state index in [9.17, 15) is 4.39 Å². The fraction of sp³-hybridized carbons (Fsp3) is 0.0625. The highest BCUT2D eigenvalue weighted by Gasteiger charge is 2.13. The van der Waals surface area contributed by atoms with Crippen LogP contribution >= 0.6 is 0 Å². The molecule has 0 radical (unpaired) electrons. The Morgan fingerprint density at radius 2 is 2.10 bits per heavy atom. The van der Waals surface area contributed by atoms with Gasteiger partial charge in [0, 0.05) is 34.3 Å². The minimum Gasteiger partial charge on any atom is -0.454 e. The van der Waals surface area contributed by atoms with E-state index in [2.05, 4.69) is 4.98 Å². The number of ether oxygens (including phenoxy) is 1. The first-order valence-corrected chi connectivity index (χ1v) is 6.45. The largest absolute Gasteiger partial charge is 0.454 e. The summed E-state index contributed by atoms with van der Waals surface area (Å²) >= 11 is 0. The maximum Gasteiger partial charge on any atom is 0.168 e. The van der Waals surface area contributed by atoms with Crippen molar-refractivity contribution in [2.24, 2.45) is 5.73 Å². The first-order chi connectivity index (χ1) is 10.1. The van der Waals surface area contributed by atoms with Crippen LogP contribution in [0.3, 0.4) is 0 Å². The lowest BCUT2D eigenvalue weighted by Gasteiger charge is -2.11. The van der Waals surface area contributed by atoms with Crippen molar-refractivity contribution in [2.75, 3.05) is 0 Å². The van der Waals surface area contributed by atoms with Crippen molar-refractivity contribution in [1.82, 2.24) is 4.98 Å². The van der Waals surface area contributed by atoms with Crippen LogP contribution in [0.4, 0.5) is 4.39 Å². The second kappa shape index (κ2) is 4.94. The predicted octanol–water partition coefficient (Wildman–Crippen LogP) is 3.69. The van der Waals surface area contributed by atoms with Gasteiger partial charge >= 0.3 is 0 Å². The van der Waals surface area contributed by atoms with Crippen LogP contribution in [0.2, 0.25) is 0 Å². The van der Waals surface area contributed by atoms with E-state index in [1.165, 1.54) is 6.07 Å². The van der Waals surface area contributed by atoms with Crippen LogP contribution < -0.4 is 10.5 Å². The van der Waals surface area contributed by atoms with Crippen LogP contribution in [0, 0.1) is 18.2 Å². The van der Waals surface area contributed by atoms with Gasteiger partial charge in [-0.05, 0) is 25.1 Å². The molecule has 0 saturated carbocycles. The molecule has 0 atom stereocenters. The molecule has 0 saturated heterocycles. The smallest absolute Gasteiger partial charge is 0.168 e. The van der Waals surface area contributed by atoms with Gasteiger partial charge in [-0.25, -0.2) is 4.39 Å². The summed E-state index contributed by atoms with van der Waals surface area (Å²) in [5, 5.41) is 8.34. The molecule has 1 aromatic heterocycles. The van der Waals surface area contributed by atoms with Crippen molar-refractivity contribution in [1.29, 1.82) is 5.41 Å². The fourth-order valence-electron chi connectivity index (χ4n) is 2.29. The molecule has 2 aromatic carbocycles. The van der Waals surface area contributed by atoms with Crippen molar-refractivity contribution in [3.63, 3.8) is 0 Å². The Balaban J connectivity index is 2.05. The van der Waals surface area contributed by atoms with Crippen molar-refractivity contribution in [2.45, 2.75) is 6.92 Å². The van der Waals surface area contributed by atoms with E-state index in [0.29, 0.717) is 11.3 Å². The Bertz CT molecular complexity index is 839. The average molecular weight is 283 g/mol. The molecule has 0 fully saturated rings. The SMILES string of the molecule is Cc1c(Oc2cccc(C(=N)N)c2)c(F)cc2[nH]ccc12. The van der Waals surface area contributed by atoms with Crippen LogP contribution in [0.5, 0.6) is 11.5 Å². The van der Waals surface area contributed by atoms with Gasteiger partial charge < -0.3 is 15.5 Å². The van der Waals surface area contributed by atoms with Crippen LogP contribution in [0.15, 0.2) is 42.6 Å². The number of fused-ring (bicyclic) bond motifs is 1. The molecule has 0 aliphatic carbocycles. The first-order valence-electron chi connectivity index (χ1n) is 6.45. The van der Waals surface area contributed by atoms with E-state index in [1.807, 2.05) is 13.0 Å². The third-order valence-electron chi connectivity index (χ3n) is 3.38. The molecule has 0 bridgehead atoms. The summed E-state index contributed by atoms with van der Waals surface area (Å²) in [7, 11) is 0. The molecular weight excluding hydrogens is 269 g/mol. The van der Waals surface area contributed by atoms with E-state index in [-0.39, 0.29) is 11.6 Å². The molecule has 5 heteroatoms. The number of hydrogen-bond acceptors (Lipinski definition) is 2. The number of H-pyrrole nitrogens is 1. The molecule has 3 rings (SSSR count). The first kappa shape index (κ1) is 13.2. The molecule has 0 amide bonds. The van der Waals surface area contributed by atoms with Crippen LogP contribution in [0.1, 0.15) is 11.1 Å². The van der Waals surface area contributed by atoms with Gasteiger partial charge in [0.1, 0.15) is 11.6 Å². The Morgan fingerprint density at radius 3 is 2.86 bits per heavy atom. The second-order valence-electron chi connectivity index (χ2n) is 4.79. The number of benzene rings is 2. The Hall–Kier alpha value is -2.82. The molecule has 0 spiro atoms. The highest BCUT2D eigenvalue weighted by molar-refractivity contribution is 5.95. The molecule has 1 heterocycles. The molecule has 4 nitrogen and oxygen atoms in total. The summed E-state index contributed by atoms with van der Waals surface area (Å²) in [5.74, 6) is 0.136. The second-order valence-corrected chi connectivity index (χ2v) is 4.79. The fourth-order valence-corrected chi connectivity index (χ4v) is 2.29. The van der Waals surface area contributed by atoms with Gasteiger partial charge in [0.05, 0.1) is 0 Å². The molecule has 0 aliphatic heterocycles. The van der Waals surface area contributed by atoms with Crippen molar-refractivity contribution in [3.05, 3.63) is 59.5 Å². The van der Waals surface area contributed by atoms with Gasteiger partial charge in [-0.2, -0.15) is 0 Å². The molecule has 3 aromatic rings. The number of halogens is 1. The standard InChI is InChI=1S/C16H14FN3O/c1-9-12-5-6-20-14(12)8-13(17)15(9)21-11-4-2-3-10(7-11)16(18)19/h2-8,20H,1H3,(H3,18,19). The van der Waals surface area contributed by atoms with Crippen LogP contribution in [0.25, 0.3) is 10.9 Å². The summed E-state index contributed by atoms with van der Waals surface area (Å²) in [6, 6.07) is 10.0. The number of rotatable bonds is 3. The Morgan fingerprint density at radius 1 is 1.29 bits per heavy atom. The lowest BCUT2D eigenvalue weighted by molar-refractivity contribution is 0.440. The topological polar surface area (TPSA) is 74.9 Å². The number of amidine groups is 1. The van der Waals surface area contributed by atoms with Crippen molar-refractivity contribution < 1.29 is 9.13 Å². The third-order valence-corrected chi connectivity index (χ3v) is 3.38. The highest BCUT2D eigenvalue weighted by atomic mass is 19.1. The number of hydrogen-bond donors (Lipinski definition) is 3. The van der Waals surface area contributed by atoms with Crippen LogP contribution in [-0.2, 0) is 0 Å². The third kappa shape index (κ3) is 2.33. The van der Waals surface area contributed by atoms with E-state index < -0.39 is 5.82 Å². The zero-order valence-electron chi connectivity index (χ0n) is 11.4. The zero-order chi connectivity index (χ0) is 15.0. The van der Waals surface area contributed by atoms with Crippen LogP contribution in [-0.4, -0.2) is 10.8 Å². The van der Waals surface area contributed by atoms with Gasteiger partial charge in [0.15, 0.2) is 11.6 Å². The maximum absolute atomic E-state index is 14.2. The Labute approximate surface area is 120 Å². The monoisotopic (exact) mass is 283 g/mol. The lowest BCUT2D eigenvalue weighted by atomic mass is 10.1. The number of aryl methyl sites for hydroxylation is 1. The molecular formula is C16H14FN3O. The summed E-state index contributed by atoms with van der Waals surface area (Å²) in [4.78, 5) is 2.98. The minimum absolute atomic E-state index is 0.0567. The number of nitrogens with one attached hydrogen (secondary N) is 2. The molecule has 0 unspecified atom stereocenters. The van der Waals surface area contributed by atoms with Gasteiger partial charge in [0.2, 0.25) is 0 Å². The zero-order valence-corrected chi connectivity index (χ0v) is 11.4. The van der Waals surface area contributed by atoms with Gasteiger partial charge in [-0.15, -0.1) is 0 Å². The number of aromatic nitrogens is 1. The highest BCUT2D eigenvalue weighted by Crippen LogP contribution is 2.33. The van der Waals surface area contributed by atoms with Crippen molar-refractivity contribution in [3.8, 4) is 11.5 Å². The number of nitrogens with two attached hydrogens (primary N) is 1. The lowest BCUT2D eigenvalue weighted by Crippen LogP contribution is -2.10. The maximum atomic E-state index is 14.2. The normalized spacial score (nSPS) is 10.8. The molecule has 4 N–H and O–H groups in total. The van der Waals surface area contributed by atoms with Gasteiger partial charge in [-0.1, -0.05) is 12.1 Å². The molecule has 21 heavy (non-hydrogen) atoms. The average Bonchev–Trinajstić information content (AvgIpc) is 2.92. The summed E-state index contributed by atoms with van der Waals surface area (Å²) in [6.07, 6.45) is 1.76. The van der Waals surface area contributed by atoms with E-state index in [1.54, 1.807) is 30.5 Å².